The Bertz CT molecular complexity index is 833. The highest BCUT2D eigenvalue weighted by atomic mass is 32.1. The number of likely N-dealkylation sites (tertiary alicyclic amines) is 1. The summed E-state index contributed by atoms with van der Waals surface area (Å²) in [5, 5.41) is 4.72. The van der Waals surface area contributed by atoms with Crippen LogP contribution in [0.4, 0.5) is 5.69 Å². The third-order valence-corrected chi connectivity index (χ3v) is 5.51. The number of rotatable bonds is 4. The van der Waals surface area contributed by atoms with Crippen LogP contribution >= 0.6 is 11.3 Å². The molecule has 0 radical (unpaired) electrons. The van der Waals surface area contributed by atoms with E-state index in [4.69, 9.17) is 5.73 Å². The number of thiophene rings is 1. The second kappa shape index (κ2) is 7.70. The lowest BCUT2D eigenvalue weighted by atomic mass is 10.00. The van der Waals surface area contributed by atoms with Gasteiger partial charge < -0.3 is 16.0 Å². The van der Waals surface area contributed by atoms with E-state index in [0.29, 0.717) is 34.7 Å². The van der Waals surface area contributed by atoms with Crippen LogP contribution in [0.5, 0.6) is 0 Å². The molecule has 1 atom stereocenters. The summed E-state index contributed by atoms with van der Waals surface area (Å²) in [5.74, 6) is -0.882. The second-order valence-corrected chi connectivity index (χ2v) is 7.27. The smallest absolute Gasteiger partial charge is 0.264 e. The topological polar surface area (TPSA) is 92.5 Å². The highest BCUT2D eigenvalue weighted by Gasteiger charge is 2.33. The van der Waals surface area contributed by atoms with E-state index in [-0.39, 0.29) is 11.8 Å². The van der Waals surface area contributed by atoms with Crippen LogP contribution < -0.4 is 11.1 Å². The molecule has 1 aliphatic heterocycles. The van der Waals surface area contributed by atoms with Crippen molar-refractivity contribution in [3.63, 3.8) is 0 Å². The predicted octanol–water partition coefficient (Wildman–Crippen LogP) is 2.79. The molecule has 1 aliphatic rings. The molecule has 3 amide bonds. The number of piperidine rings is 1. The van der Waals surface area contributed by atoms with E-state index in [1.165, 1.54) is 11.3 Å². The first-order valence-electron chi connectivity index (χ1n) is 8.54. The van der Waals surface area contributed by atoms with Crippen LogP contribution in [0.15, 0.2) is 35.7 Å². The average Bonchev–Trinajstić information content (AvgIpc) is 3.17. The number of carbonyl (C=O) groups is 3. The molecule has 1 aromatic heterocycles. The number of nitrogens with one attached hydrogen (secondary N) is 1. The fraction of sp³-hybridized carbons (Fsp3) is 0.316. The first-order chi connectivity index (χ1) is 12.5. The van der Waals surface area contributed by atoms with E-state index in [2.05, 4.69) is 5.32 Å². The maximum atomic E-state index is 12.9. The molecule has 1 unspecified atom stereocenters. The van der Waals surface area contributed by atoms with Gasteiger partial charge in [0, 0.05) is 17.8 Å². The molecule has 3 rings (SSSR count). The van der Waals surface area contributed by atoms with E-state index in [1.807, 2.05) is 11.4 Å². The summed E-state index contributed by atoms with van der Waals surface area (Å²) in [4.78, 5) is 39.4. The Morgan fingerprint density at radius 2 is 2.00 bits per heavy atom. The molecule has 7 heteroatoms. The first kappa shape index (κ1) is 18.1. The minimum Gasteiger partial charge on any atom is -0.366 e. The van der Waals surface area contributed by atoms with Crippen molar-refractivity contribution >= 4 is 34.7 Å². The third-order valence-electron chi connectivity index (χ3n) is 4.66. The first-order valence-corrected chi connectivity index (χ1v) is 9.41. The number of hydrogen-bond donors (Lipinski definition) is 2. The molecule has 1 aromatic carbocycles. The van der Waals surface area contributed by atoms with Crippen molar-refractivity contribution in [2.24, 2.45) is 5.73 Å². The largest absolute Gasteiger partial charge is 0.366 e. The number of amides is 3. The number of carbonyl (C=O) groups excluding carboxylic acids is 3. The maximum Gasteiger partial charge on any atom is 0.264 e. The normalized spacial score (nSPS) is 17.0. The van der Waals surface area contributed by atoms with Gasteiger partial charge >= 0.3 is 0 Å². The van der Waals surface area contributed by atoms with Gasteiger partial charge in [0.15, 0.2) is 0 Å². The van der Waals surface area contributed by atoms with Crippen LogP contribution in [0.1, 0.15) is 44.9 Å². The van der Waals surface area contributed by atoms with Crippen molar-refractivity contribution in [3.8, 4) is 0 Å². The van der Waals surface area contributed by atoms with Gasteiger partial charge in [0.05, 0.1) is 4.88 Å². The number of hydrogen-bond acceptors (Lipinski definition) is 4. The highest BCUT2D eigenvalue weighted by molar-refractivity contribution is 7.12. The summed E-state index contributed by atoms with van der Waals surface area (Å²) in [6.07, 6.45) is 2.40. The zero-order valence-electron chi connectivity index (χ0n) is 14.5. The van der Waals surface area contributed by atoms with Crippen LogP contribution in [-0.4, -0.2) is 35.2 Å². The summed E-state index contributed by atoms with van der Waals surface area (Å²) in [6, 6.07) is 8.12. The molecule has 1 fully saturated rings. The predicted molar refractivity (Wildman–Crippen MR) is 101 cm³/mol. The average molecular weight is 371 g/mol. The van der Waals surface area contributed by atoms with E-state index < -0.39 is 11.9 Å². The van der Waals surface area contributed by atoms with Gasteiger partial charge in [-0.1, -0.05) is 12.1 Å². The molecule has 2 aromatic rings. The van der Waals surface area contributed by atoms with Gasteiger partial charge in [0.25, 0.3) is 5.91 Å². The monoisotopic (exact) mass is 371 g/mol. The van der Waals surface area contributed by atoms with Gasteiger partial charge in [-0.05, 0) is 55.3 Å². The Morgan fingerprint density at radius 3 is 2.69 bits per heavy atom. The van der Waals surface area contributed by atoms with Crippen molar-refractivity contribution in [2.45, 2.75) is 32.2 Å². The maximum absolute atomic E-state index is 12.9. The highest BCUT2D eigenvalue weighted by Crippen LogP contribution is 2.24. The van der Waals surface area contributed by atoms with Gasteiger partial charge in [-0.2, -0.15) is 0 Å². The number of primary amides is 1. The van der Waals surface area contributed by atoms with Gasteiger partial charge in [-0.25, -0.2) is 0 Å². The van der Waals surface area contributed by atoms with Crippen LogP contribution in [0.2, 0.25) is 0 Å². The lowest BCUT2D eigenvalue weighted by Gasteiger charge is -2.34. The van der Waals surface area contributed by atoms with Crippen LogP contribution in [0.3, 0.4) is 0 Å². The molecule has 0 spiro atoms. The molecule has 136 valence electrons. The SMILES string of the molecule is Cc1c(NC(=O)C2CCCCN2C(=O)c2cccs2)cccc1C(N)=O. The molecular formula is C19H21N3O3S. The van der Waals surface area contributed by atoms with Crippen molar-refractivity contribution in [3.05, 3.63) is 51.7 Å². The van der Waals surface area contributed by atoms with Gasteiger partial charge in [0.1, 0.15) is 6.04 Å². The van der Waals surface area contributed by atoms with Crippen molar-refractivity contribution in [1.82, 2.24) is 4.90 Å². The Balaban J connectivity index is 1.80. The Kier molecular flexibility index (Phi) is 5.37. The molecule has 6 nitrogen and oxygen atoms in total. The number of benzene rings is 1. The van der Waals surface area contributed by atoms with Crippen molar-refractivity contribution in [2.75, 3.05) is 11.9 Å². The van der Waals surface area contributed by atoms with Crippen LogP contribution in [0.25, 0.3) is 0 Å². The van der Waals surface area contributed by atoms with E-state index in [9.17, 15) is 14.4 Å². The fourth-order valence-corrected chi connectivity index (χ4v) is 3.92. The zero-order chi connectivity index (χ0) is 18.7. The molecule has 3 N–H and O–H groups in total. The van der Waals surface area contributed by atoms with Gasteiger partial charge in [0.2, 0.25) is 11.8 Å². The number of nitrogens with two attached hydrogens (primary N) is 1. The Morgan fingerprint density at radius 1 is 1.19 bits per heavy atom. The quantitative estimate of drug-likeness (QED) is 0.865. The molecule has 1 saturated heterocycles. The fourth-order valence-electron chi connectivity index (χ4n) is 3.24. The van der Waals surface area contributed by atoms with E-state index >= 15 is 0 Å². The minimum atomic E-state index is -0.536. The van der Waals surface area contributed by atoms with Crippen molar-refractivity contribution in [1.29, 1.82) is 0 Å². The third kappa shape index (κ3) is 3.62. The van der Waals surface area contributed by atoms with Gasteiger partial charge in [-0.3, -0.25) is 14.4 Å². The molecule has 26 heavy (non-hydrogen) atoms. The Hall–Kier alpha value is -2.67. The summed E-state index contributed by atoms with van der Waals surface area (Å²) >= 11 is 1.38. The molecular weight excluding hydrogens is 350 g/mol. The number of nitrogens with zero attached hydrogens (tertiary/aromatic N) is 1. The van der Waals surface area contributed by atoms with Crippen LogP contribution in [-0.2, 0) is 4.79 Å². The second-order valence-electron chi connectivity index (χ2n) is 6.32. The lowest BCUT2D eigenvalue weighted by Crippen LogP contribution is -2.49. The summed E-state index contributed by atoms with van der Waals surface area (Å²) in [6.45, 7) is 2.31. The van der Waals surface area contributed by atoms with Gasteiger partial charge in [-0.15, -0.1) is 11.3 Å². The molecule has 0 bridgehead atoms. The van der Waals surface area contributed by atoms with E-state index in [1.54, 1.807) is 36.1 Å². The lowest BCUT2D eigenvalue weighted by molar-refractivity contribution is -0.121. The summed E-state index contributed by atoms with van der Waals surface area (Å²) in [7, 11) is 0. The standard InChI is InChI=1S/C19H21N3O3S/c1-12-13(17(20)23)6-4-7-14(12)21-18(24)15-8-2-3-10-22(15)19(25)16-9-5-11-26-16/h4-7,9,11,15H,2-3,8,10H2,1H3,(H2,20,23)(H,21,24). The Labute approximate surface area is 156 Å². The number of anilines is 1. The summed E-state index contributed by atoms with van der Waals surface area (Å²) in [5.41, 5.74) is 6.91. The minimum absolute atomic E-state index is 0.109. The molecule has 0 saturated carbocycles. The van der Waals surface area contributed by atoms with Crippen molar-refractivity contribution < 1.29 is 14.4 Å². The zero-order valence-corrected chi connectivity index (χ0v) is 15.3. The summed E-state index contributed by atoms with van der Waals surface area (Å²) < 4.78 is 0. The van der Waals surface area contributed by atoms with E-state index in [0.717, 1.165) is 12.8 Å². The van der Waals surface area contributed by atoms with Crippen LogP contribution in [0, 0.1) is 6.92 Å². The molecule has 0 aliphatic carbocycles. The molecule has 2 heterocycles.